The first-order valence-corrected chi connectivity index (χ1v) is 17.9. The van der Waals surface area contributed by atoms with Gasteiger partial charge in [-0.15, -0.1) is 0 Å². The van der Waals surface area contributed by atoms with Gasteiger partial charge >= 0.3 is 12.1 Å². The number of nitrogens with zero attached hydrogens (tertiary/aromatic N) is 4. The monoisotopic (exact) mass is 659 g/mol. The van der Waals surface area contributed by atoms with Crippen LogP contribution < -0.4 is 10.1 Å². The number of carbonyl (C=O) groups excluding carboxylic acids is 3. The van der Waals surface area contributed by atoms with Crippen molar-refractivity contribution in [3.8, 4) is 5.75 Å². The van der Waals surface area contributed by atoms with E-state index in [4.69, 9.17) is 9.47 Å². The van der Waals surface area contributed by atoms with Gasteiger partial charge in [0.2, 0.25) is 0 Å². The molecule has 0 unspecified atom stereocenters. The number of piperidine rings is 3. The average Bonchev–Trinajstić information content (AvgIpc) is 3.26. The molecule has 10 heteroatoms. The second kappa shape index (κ2) is 15.2. The molecule has 4 aliphatic heterocycles. The zero-order valence-corrected chi connectivity index (χ0v) is 29.2. The molecule has 0 saturated carbocycles. The van der Waals surface area contributed by atoms with Crippen LogP contribution in [0.15, 0.2) is 36.4 Å². The van der Waals surface area contributed by atoms with Crippen molar-refractivity contribution in [2.45, 2.75) is 77.4 Å². The van der Waals surface area contributed by atoms with Gasteiger partial charge in [-0.1, -0.05) is 30.3 Å². The maximum atomic E-state index is 14.1. The van der Waals surface area contributed by atoms with Gasteiger partial charge in [0.1, 0.15) is 5.75 Å². The number of nitrogens with one attached hydrogen (secondary N) is 1. The van der Waals surface area contributed by atoms with E-state index in [1.807, 2.05) is 54.0 Å². The van der Waals surface area contributed by atoms with Crippen LogP contribution in [0.1, 0.15) is 60.8 Å². The topological polar surface area (TPSA) is 94.7 Å². The maximum Gasteiger partial charge on any atom is 0.410 e. The molecule has 3 saturated heterocycles. The number of fused-ring (bicyclic) bond motifs is 1. The van der Waals surface area contributed by atoms with Crippen LogP contribution in [0.4, 0.5) is 15.3 Å². The van der Waals surface area contributed by atoms with Crippen molar-refractivity contribution in [3.05, 3.63) is 58.7 Å². The number of carbonyl (C=O) groups is 3. The highest BCUT2D eigenvalue weighted by Crippen LogP contribution is 2.33. The second-order valence-electron chi connectivity index (χ2n) is 14.4. The first kappa shape index (κ1) is 34.1. The zero-order valence-electron chi connectivity index (χ0n) is 29.2. The van der Waals surface area contributed by atoms with Crippen LogP contribution in [0.2, 0.25) is 0 Å². The number of urea groups is 1. The predicted molar refractivity (Wildman–Crippen MR) is 186 cm³/mol. The Morgan fingerprint density at radius 2 is 1.46 bits per heavy atom. The summed E-state index contributed by atoms with van der Waals surface area (Å²) in [4.78, 5) is 48.8. The summed E-state index contributed by atoms with van der Waals surface area (Å²) in [6, 6.07) is 11.9. The van der Waals surface area contributed by atoms with Gasteiger partial charge in [-0.2, -0.15) is 0 Å². The number of likely N-dealkylation sites (tertiary alicyclic amines) is 3. The smallest absolute Gasteiger partial charge is 0.410 e. The van der Waals surface area contributed by atoms with Crippen molar-refractivity contribution in [3.63, 3.8) is 0 Å². The quantitative estimate of drug-likeness (QED) is 0.423. The van der Waals surface area contributed by atoms with Crippen molar-refractivity contribution in [1.29, 1.82) is 0 Å². The van der Waals surface area contributed by atoms with Crippen LogP contribution in [0.5, 0.6) is 5.75 Å². The van der Waals surface area contributed by atoms with E-state index in [9.17, 15) is 14.4 Å². The van der Waals surface area contributed by atoms with E-state index in [-0.39, 0.29) is 18.0 Å². The number of methoxy groups -OCH3 is 1. The lowest BCUT2D eigenvalue weighted by Gasteiger charge is -2.40. The Morgan fingerprint density at radius 3 is 2.10 bits per heavy atom. The molecule has 260 valence electrons. The average molecular weight is 660 g/mol. The molecule has 48 heavy (non-hydrogen) atoms. The molecule has 0 bridgehead atoms. The summed E-state index contributed by atoms with van der Waals surface area (Å²) in [6.45, 7) is 9.31. The summed E-state index contributed by atoms with van der Waals surface area (Å²) in [5, 5.41) is 3.06. The zero-order chi connectivity index (χ0) is 33.8. The summed E-state index contributed by atoms with van der Waals surface area (Å²) >= 11 is 0. The van der Waals surface area contributed by atoms with Gasteiger partial charge in [0, 0.05) is 50.9 Å². The molecule has 1 atom stereocenters. The number of benzene rings is 2. The Kier molecular flexibility index (Phi) is 10.8. The Bertz CT molecular complexity index is 1430. The molecule has 4 amide bonds. The normalized spacial score (nSPS) is 20.9. The van der Waals surface area contributed by atoms with Gasteiger partial charge in [-0.05, 0) is 119 Å². The van der Waals surface area contributed by atoms with Gasteiger partial charge in [-0.25, -0.2) is 9.59 Å². The molecule has 3 fully saturated rings. The lowest BCUT2D eigenvalue weighted by atomic mass is 9.79. The number of aryl methyl sites for hydroxylation is 2. The van der Waals surface area contributed by atoms with Crippen molar-refractivity contribution in [2.24, 2.45) is 11.8 Å². The standard InChI is InChI=1S/C38H53N5O5/c1-26-23-28(24-27(2)35(26)47-4)25-34(36(44)41-18-11-30(12-19-41)29-9-16-40(3)17-10-29)48-38(46)42-20-14-32(15-21-42)43-22-13-31-7-5-6-8-33(31)39-37(43)45/h5-8,23-24,29-30,32,34H,9-22,25H2,1-4H3,(H,39,45)/t34-/m1/s1. The molecule has 4 aliphatic rings. The highest BCUT2D eigenvalue weighted by Gasteiger charge is 2.37. The summed E-state index contributed by atoms with van der Waals surface area (Å²) in [6.07, 6.45) is 5.55. The fourth-order valence-corrected chi connectivity index (χ4v) is 8.46. The molecule has 6 rings (SSSR count). The minimum atomic E-state index is -0.905. The highest BCUT2D eigenvalue weighted by atomic mass is 16.6. The fourth-order valence-electron chi connectivity index (χ4n) is 8.46. The van der Waals surface area contributed by atoms with Crippen LogP contribution in [0, 0.1) is 25.7 Å². The van der Waals surface area contributed by atoms with E-state index in [2.05, 4.69) is 23.3 Å². The third-order valence-corrected chi connectivity index (χ3v) is 11.3. The minimum absolute atomic E-state index is 0.0388. The van der Waals surface area contributed by atoms with Gasteiger partial charge in [0.15, 0.2) is 6.10 Å². The van der Waals surface area contributed by atoms with E-state index in [0.29, 0.717) is 57.9 Å². The first-order valence-electron chi connectivity index (χ1n) is 17.9. The maximum absolute atomic E-state index is 14.1. The number of hydrogen-bond donors (Lipinski definition) is 1. The Balaban J connectivity index is 1.09. The van der Waals surface area contributed by atoms with Gasteiger partial charge < -0.3 is 34.4 Å². The van der Waals surface area contributed by atoms with Crippen LogP contribution in [-0.4, -0.2) is 110 Å². The van der Waals surface area contributed by atoms with E-state index in [1.165, 1.54) is 12.8 Å². The summed E-state index contributed by atoms with van der Waals surface area (Å²) < 4.78 is 11.7. The van der Waals surface area contributed by atoms with Gasteiger partial charge in [0.25, 0.3) is 5.91 Å². The van der Waals surface area contributed by atoms with E-state index in [0.717, 1.165) is 72.0 Å². The Labute approximate surface area is 285 Å². The lowest BCUT2D eigenvalue weighted by Crippen LogP contribution is -2.52. The molecule has 0 aromatic heterocycles. The molecule has 2 aromatic carbocycles. The Morgan fingerprint density at radius 1 is 0.854 bits per heavy atom. The highest BCUT2D eigenvalue weighted by molar-refractivity contribution is 5.91. The third-order valence-electron chi connectivity index (χ3n) is 11.3. The molecular formula is C38H53N5O5. The van der Waals surface area contributed by atoms with Crippen LogP contribution >= 0.6 is 0 Å². The van der Waals surface area contributed by atoms with E-state index in [1.54, 1.807) is 12.0 Å². The molecule has 10 nitrogen and oxygen atoms in total. The number of para-hydroxylation sites is 1. The van der Waals surface area contributed by atoms with Crippen molar-refractivity contribution >= 4 is 23.7 Å². The van der Waals surface area contributed by atoms with Gasteiger partial charge in [-0.3, -0.25) is 4.79 Å². The number of ether oxygens (including phenoxy) is 2. The summed E-state index contributed by atoms with van der Waals surface area (Å²) in [7, 11) is 3.86. The number of rotatable bonds is 7. The van der Waals surface area contributed by atoms with Crippen LogP contribution in [0.3, 0.4) is 0 Å². The molecule has 0 radical (unpaired) electrons. The SMILES string of the molecule is COc1c(C)cc(C[C@@H](OC(=O)N2CCC(N3CCc4ccccc4NC3=O)CC2)C(=O)N2CCC(C3CCN(C)CC3)CC2)cc1C. The lowest BCUT2D eigenvalue weighted by molar-refractivity contribution is -0.142. The minimum Gasteiger partial charge on any atom is -0.496 e. The fraction of sp³-hybridized carbons (Fsp3) is 0.605. The number of anilines is 1. The van der Waals surface area contributed by atoms with Crippen LogP contribution in [0.25, 0.3) is 0 Å². The van der Waals surface area contributed by atoms with Crippen LogP contribution in [-0.2, 0) is 22.4 Å². The first-order chi connectivity index (χ1) is 23.2. The van der Waals surface area contributed by atoms with E-state index >= 15 is 0 Å². The molecule has 0 spiro atoms. The molecule has 4 heterocycles. The number of hydrogen-bond acceptors (Lipinski definition) is 6. The molecule has 2 aromatic rings. The molecular weight excluding hydrogens is 606 g/mol. The number of amides is 4. The largest absolute Gasteiger partial charge is 0.496 e. The van der Waals surface area contributed by atoms with Crippen molar-refractivity contribution in [2.75, 3.05) is 65.3 Å². The summed E-state index contributed by atoms with van der Waals surface area (Å²) in [5.41, 5.74) is 4.94. The Hall–Kier alpha value is -3.79. The third kappa shape index (κ3) is 7.74. The molecule has 1 N–H and O–H groups in total. The summed E-state index contributed by atoms with van der Waals surface area (Å²) in [5.74, 6) is 2.11. The van der Waals surface area contributed by atoms with E-state index < -0.39 is 12.2 Å². The van der Waals surface area contributed by atoms with Gasteiger partial charge in [0.05, 0.1) is 7.11 Å². The predicted octanol–water partition coefficient (Wildman–Crippen LogP) is 5.49. The molecule has 0 aliphatic carbocycles. The van der Waals surface area contributed by atoms with Crippen molar-refractivity contribution in [1.82, 2.24) is 19.6 Å². The second-order valence-corrected chi connectivity index (χ2v) is 14.4. The van der Waals surface area contributed by atoms with Crippen molar-refractivity contribution < 1.29 is 23.9 Å².